The summed E-state index contributed by atoms with van der Waals surface area (Å²) in [5.74, 6) is -0.476. The van der Waals surface area contributed by atoms with E-state index in [4.69, 9.17) is 4.74 Å². The SMILES string of the molecule is Cn1nccc(/C=C/C(=O)OC(C)(C)C)c1=O. The number of aryl methyl sites for hydroxylation is 1. The van der Waals surface area contributed by atoms with Gasteiger partial charge in [-0.25, -0.2) is 9.48 Å². The number of nitrogens with zero attached hydrogens (tertiary/aromatic N) is 2. The van der Waals surface area contributed by atoms with Crippen molar-refractivity contribution >= 4 is 12.0 Å². The number of hydrogen-bond acceptors (Lipinski definition) is 4. The summed E-state index contributed by atoms with van der Waals surface area (Å²) in [5.41, 5.74) is -0.398. The van der Waals surface area contributed by atoms with Gasteiger partial charge in [0.15, 0.2) is 0 Å². The van der Waals surface area contributed by atoms with Crippen molar-refractivity contribution in [2.75, 3.05) is 0 Å². The zero-order chi connectivity index (χ0) is 13.1. The third kappa shape index (κ3) is 4.22. The summed E-state index contributed by atoms with van der Waals surface area (Å²) >= 11 is 0. The van der Waals surface area contributed by atoms with Gasteiger partial charge in [0.25, 0.3) is 5.56 Å². The molecule has 0 bridgehead atoms. The molecule has 5 heteroatoms. The lowest BCUT2D eigenvalue weighted by atomic mass is 10.2. The predicted molar refractivity (Wildman–Crippen MR) is 64.4 cm³/mol. The summed E-state index contributed by atoms with van der Waals surface area (Å²) in [6.45, 7) is 5.35. The molecule has 0 N–H and O–H groups in total. The Balaban J connectivity index is 2.82. The Morgan fingerprint density at radius 1 is 1.47 bits per heavy atom. The fourth-order valence-corrected chi connectivity index (χ4v) is 1.14. The minimum atomic E-state index is -0.537. The molecule has 0 aliphatic rings. The molecule has 0 saturated carbocycles. The fraction of sp³-hybridized carbons (Fsp3) is 0.417. The van der Waals surface area contributed by atoms with Gasteiger partial charge in [0.05, 0.1) is 0 Å². The Kier molecular flexibility index (Phi) is 3.83. The van der Waals surface area contributed by atoms with E-state index < -0.39 is 11.6 Å². The standard InChI is InChI=1S/C12H16N2O3/c1-12(2,3)17-10(15)6-5-9-7-8-13-14(4)11(9)16/h5-8H,1-4H3/b6-5+. The van der Waals surface area contributed by atoms with Gasteiger partial charge in [0, 0.05) is 24.9 Å². The maximum atomic E-state index is 11.6. The lowest BCUT2D eigenvalue weighted by Gasteiger charge is -2.17. The third-order valence-electron chi connectivity index (χ3n) is 1.84. The van der Waals surface area contributed by atoms with E-state index in [1.54, 1.807) is 33.9 Å². The summed E-state index contributed by atoms with van der Waals surface area (Å²) in [4.78, 5) is 23.0. The van der Waals surface area contributed by atoms with Crippen molar-refractivity contribution in [1.82, 2.24) is 9.78 Å². The average molecular weight is 236 g/mol. The first-order valence-corrected chi connectivity index (χ1v) is 5.23. The van der Waals surface area contributed by atoms with Gasteiger partial charge in [-0.1, -0.05) is 0 Å². The number of ether oxygens (including phenoxy) is 1. The molecule has 1 aromatic heterocycles. The highest BCUT2D eigenvalue weighted by Gasteiger charge is 2.13. The van der Waals surface area contributed by atoms with Gasteiger partial charge in [-0.3, -0.25) is 4.79 Å². The summed E-state index contributed by atoms with van der Waals surface area (Å²) in [6, 6.07) is 1.54. The van der Waals surface area contributed by atoms with Crippen molar-refractivity contribution < 1.29 is 9.53 Å². The molecular weight excluding hydrogens is 220 g/mol. The van der Waals surface area contributed by atoms with E-state index in [2.05, 4.69) is 5.10 Å². The van der Waals surface area contributed by atoms with Gasteiger partial charge in [-0.2, -0.15) is 5.10 Å². The minimum Gasteiger partial charge on any atom is -0.457 e. The molecule has 0 aliphatic carbocycles. The van der Waals surface area contributed by atoms with Crippen LogP contribution in [0.5, 0.6) is 0 Å². The zero-order valence-corrected chi connectivity index (χ0v) is 10.4. The van der Waals surface area contributed by atoms with Gasteiger partial charge >= 0.3 is 5.97 Å². The van der Waals surface area contributed by atoms with E-state index in [0.29, 0.717) is 5.56 Å². The molecule has 0 saturated heterocycles. The molecule has 1 rings (SSSR count). The minimum absolute atomic E-state index is 0.257. The normalized spacial score (nSPS) is 11.8. The van der Waals surface area contributed by atoms with Crippen molar-refractivity contribution in [2.45, 2.75) is 26.4 Å². The number of carbonyl (C=O) groups is 1. The number of esters is 1. The van der Waals surface area contributed by atoms with Crippen LogP contribution < -0.4 is 5.56 Å². The summed E-state index contributed by atoms with van der Waals surface area (Å²) in [7, 11) is 1.55. The topological polar surface area (TPSA) is 61.2 Å². The Labute approximate surface area is 99.7 Å². The Morgan fingerprint density at radius 3 is 2.71 bits per heavy atom. The summed E-state index contributed by atoms with van der Waals surface area (Å²) in [6.07, 6.45) is 4.16. The molecule has 0 atom stereocenters. The second-order valence-corrected chi connectivity index (χ2v) is 4.58. The van der Waals surface area contributed by atoms with E-state index in [1.165, 1.54) is 23.0 Å². The monoisotopic (exact) mass is 236 g/mol. The highest BCUT2D eigenvalue weighted by atomic mass is 16.6. The zero-order valence-electron chi connectivity index (χ0n) is 10.4. The van der Waals surface area contributed by atoms with Gasteiger partial charge in [-0.05, 0) is 32.9 Å². The van der Waals surface area contributed by atoms with Crippen LogP contribution in [0.3, 0.4) is 0 Å². The van der Waals surface area contributed by atoms with E-state index >= 15 is 0 Å². The van der Waals surface area contributed by atoms with Crippen LogP contribution in [-0.4, -0.2) is 21.4 Å². The lowest BCUT2D eigenvalue weighted by Crippen LogP contribution is -2.23. The van der Waals surface area contributed by atoms with Crippen LogP contribution in [0.4, 0.5) is 0 Å². The molecular formula is C12H16N2O3. The molecule has 5 nitrogen and oxygen atoms in total. The van der Waals surface area contributed by atoms with Crippen LogP contribution in [0.25, 0.3) is 6.08 Å². The molecule has 0 aliphatic heterocycles. The first kappa shape index (κ1) is 13.2. The number of rotatable bonds is 2. The van der Waals surface area contributed by atoms with Crippen molar-refractivity contribution in [3.05, 3.63) is 34.3 Å². The third-order valence-corrected chi connectivity index (χ3v) is 1.84. The number of carbonyl (C=O) groups excluding carboxylic acids is 1. The maximum absolute atomic E-state index is 11.6. The van der Waals surface area contributed by atoms with Crippen LogP contribution in [0.1, 0.15) is 26.3 Å². The molecule has 0 aromatic carbocycles. The van der Waals surface area contributed by atoms with Crippen LogP contribution in [0.15, 0.2) is 23.1 Å². The molecule has 0 unspecified atom stereocenters. The second kappa shape index (κ2) is 4.95. The van der Waals surface area contributed by atoms with Crippen molar-refractivity contribution in [1.29, 1.82) is 0 Å². The van der Waals surface area contributed by atoms with Crippen LogP contribution in [0, 0.1) is 0 Å². The molecule has 0 spiro atoms. The highest BCUT2D eigenvalue weighted by Crippen LogP contribution is 2.07. The van der Waals surface area contributed by atoms with Crippen molar-refractivity contribution in [3.63, 3.8) is 0 Å². The highest BCUT2D eigenvalue weighted by molar-refractivity contribution is 5.87. The van der Waals surface area contributed by atoms with Crippen molar-refractivity contribution in [3.8, 4) is 0 Å². The average Bonchev–Trinajstić information content (AvgIpc) is 2.18. The molecule has 92 valence electrons. The molecule has 0 amide bonds. The number of hydrogen-bond donors (Lipinski definition) is 0. The molecule has 0 fully saturated rings. The smallest absolute Gasteiger partial charge is 0.331 e. The van der Waals surface area contributed by atoms with E-state index in [0.717, 1.165) is 0 Å². The van der Waals surface area contributed by atoms with Gasteiger partial charge in [0.2, 0.25) is 0 Å². The molecule has 1 aromatic rings. The van der Waals surface area contributed by atoms with E-state index in [-0.39, 0.29) is 5.56 Å². The lowest BCUT2D eigenvalue weighted by molar-refractivity contribution is -0.148. The van der Waals surface area contributed by atoms with Gasteiger partial charge in [-0.15, -0.1) is 0 Å². The number of aromatic nitrogens is 2. The summed E-state index contributed by atoms with van der Waals surface area (Å²) in [5, 5.41) is 3.78. The molecule has 17 heavy (non-hydrogen) atoms. The molecule has 0 radical (unpaired) electrons. The quantitative estimate of drug-likeness (QED) is 0.570. The first-order valence-electron chi connectivity index (χ1n) is 5.23. The van der Waals surface area contributed by atoms with Crippen LogP contribution in [-0.2, 0) is 16.6 Å². The van der Waals surface area contributed by atoms with E-state index in [9.17, 15) is 9.59 Å². The Morgan fingerprint density at radius 2 is 2.12 bits per heavy atom. The Bertz CT molecular complexity index is 495. The van der Waals surface area contributed by atoms with Gasteiger partial charge in [0.1, 0.15) is 5.60 Å². The molecule has 1 heterocycles. The fourth-order valence-electron chi connectivity index (χ4n) is 1.14. The largest absolute Gasteiger partial charge is 0.457 e. The van der Waals surface area contributed by atoms with Gasteiger partial charge < -0.3 is 4.74 Å². The first-order chi connectivity index (χ1) is 7.79. The summed E-state index contributed by atoms with van der Waals surface area (Å²) < 4.78 is 6.28. The maximum Gasteiger partial charge on any atom is 0.331 e. The Hall–Kier alpha value is -1.91. The van der Waals surface area contributed by atoms with Crippen molar-refractivity contribution in [2.24, 2.45) is 7.05 Å². The van der Waals surface area contributed by atoms with Crippen LogP contribution >= 0.6 is 0 Å². The van der Waals surface area contributed by atoms with Crippen LogP contribution in [0.2, 0.25) is 0 Å². The van der Waals surface area contributed by atoms with E-state index in [1.807, 2.05) is 0 Å². The predicted octanol–water partition coefficient (Wildman–Crippen LogP) is 1.14. The second-order valence-electron chi connectivity index (χ2n) is 4.58.